The van der Waals surface area contributed by atoms with Crippen molar-refractivity contribution < 1.29 is 9.90 Å². The van der Waals surface area contributed by atoms with E-state index in [1.54, 1.807) is 0 Å². The van der Waals surface area contributed by atoms with E-state index in [0.717, 1.165) is 5.52 Å². The number of para-hydroxylation sites is 1. The number of pyridine rings is 1. The number of carboxylic acids is 1. The zero-order valence-corrected chi connectivity index (χ0v) is 9.69. The van der Waals surface area contributed by atoms with Crippen LogP contribution in [0.2, 0.25) is 0 Å². The Kier molecular flexibility index (Phi) is 2.38. The van der Waals surface area contributed by atoms with E-state index in [1.807, 2.05) is 24.3 Å². The molecule has 1 aromatic carbocycles. The quantitative estimate of drug-likeness (QED) is 0.710. The first kappa shape index (κ1) is 11.1. The summed E-state index contributed by atoms with van der Waals surface area (Å²) in [4.78, 5) is 14.9. The van der Waals surface area contributed by atoms with Gasteiger partial charge in [0.15, 0.2) is 5.82 Å². The second-order valence-electron chi connectivity index (χ2n) is 3.93. The molecule has 0 amide bonds. The minimum Gasteiger partial charge on any atom is -0.478 e. The molecule has 7 heteroatoms. The molecule has 0 aliphatic carbocycles. The van der Waals surface area contributed by atoms with E-state index in [-0.39, 0.29) is 11.3 Å². The molecule has 3 N–H and O–H groups in total. The minimum absolute atomic E-state index is 0.0330. The van der Waals surface area contributed by atoms with Crippen molar-refractivity contribution >= 4 is 22.7 Å². The average Bonchev–Trinajstić information content (AvgIpc) is 2.82. The van der Waals surface area contributed by atoms with Crippen molar-refractivity contribution in [3.63, 3.8) is 0 Å². The number of rotatable bonds is 2. The van der Waals surface area contributed by atoms with Gasteiger partial charge < -0.3 is 10.8 Å². The fourth-order valence-electron chi connectivity index (χ4n) is 1.79. The maximum atomic E-state index is 10.8. The van der Waals surface area contributed by atoms with Gasteiger partial charge in [-0.3, -0.25) is 0 Å². The number of nitrogen functional groups attached to an aromatic ring is 1. The highest BCUT2D eigenvalue weighted by Crippen LogP contribution is 2.19. The van der Waals surface area contributed by atoms with Crippen LogP contribution in [0.15, 0.2) is 36.5 Å². The van der Waals surface area contributed by atoms with E-state index in [9.17, 15) is 4.79 Å². The summed E-state index contributed by atoms with van der Waals surface area (Å²) in [6.07, 6.45) is 1.24. The van der Waals surface area contributed by atoms with E-state index in [4.69, 9.17) is 10.8 Å². The van der Waals surface area contributed by atoms with E-state index in [2.05, 4.69) is 15.3 Å². The van der Waals surface area contributed by atoms with Crippen molar-refractivity contribution in [1.29, 1.82) is 0 Å². The summed E-state index contributed by atoms with van der Waals surface area (Å²) >= 11 is 0. The molecule has 0 unspecified atom stereocenters. The van der Waals surface area contributed by atoms with Gasteiger partial charge >= 0.3 is 5.97 Å². The predicted octanol–water partition coefficient (Wildman–Crippen LogP) is 1.10. The highest BCUT2D eigenvalue weighted by Gasteiger charge is 2.12. The van der Waals surface area contributed by atoms with Crippen LogP contribution < -0.4 is 5.73 Å². The summed E-state index contributed by atoms with van der Waals surface area (Å²) in [6.45, 7) is 0. The Morgan fingerprint density at radius 1 is 1.32 bits per heavy atom. The van der Waals surface area contributed by atoms with Crippen molar-refractivity contribution in [2.24, 2.45) is 0 Å². The van der Waals surface area contributed by atoms with Gasteiger partial charge in [-0.15, -0.1) is 5.10 Å². The minimum atomic E-state index is -1.07. The molecule has 3 rings (SSSR count). The van der Waals surface area contributed by atoms with Crippen LogP contribution in [0.25, 0.3) is 16.9 Å². The lowest BCUT2D eigenvalue weighted by Gasteiger charge is -2.05. The number of aromatic carboxylic acids is 1. The molecule has 0 bridgehead atoms. The fourth-order valence-corrected chi connectivity index (χ4v) is 1.79. The topological polar surface area (TPSA) is 107 Å². The maximum absolute atomic E-state index is 10.8. The molecule has 19 heavy (non-hydrogen) atoms. The van der Waals surface area contributed by atoms with Crippen LogP contribution in [0.1, 0.15) is 10.4 Å². The number of nitrogens with two attached hydrogens (primary N) is 1. The van der Waals surface area contributed by atoms with E-state index >= 15 is 0 Å². The van der Waals surface area contributed by atoms with Crippen LogP contribution in [0.5, 0.6) is 0 Å². The Balaban J connectivity index is 2.19. The molecule has 0 spiro atoms. The van der Waals surface area contributed by atoms with E-state index in [0.29, 0.717) is 11.3 Å². The van der Waals surface area contributed by atoms with Gasteiger partial charge in [-0.2, -0.15) is 4.68 Å². The number of hydrogen-bond acceptors (Lipinski definition) is 5. The summed E-state index contributed by atoms with van der Waals surface area (Å²) in [7, 11) is 0. The number of benzene rings is 1. The zero-order valence-electron chi connectivity index (χ0n) is 9.69. The van der Waals surface area contributed by atoms with Crippen LogP contribution in [0.4, 0.5) is 5.69 Å². The lowest BCUT2D eigenvalue weighted by atomic mass is 10.2. The molecule has 7 nitrogen and oxygen atoms in total. The second-order valence-corrected chi connectivity index (χ2v) is 3.93. The lowest BCUT2D eigenvalue weighted by molar-refractivity contribution is 0.0696. The van der Waals surface area contributed by atoms with E-state index in [1.165, 1.54) is 16.9 Å². The van der Waals surface area contributed by atoms with Gasteiger partial charge in [-0.05, 0) is 18.2 Å². The Morgan fingerprint density at radius 3 is 2.84 bits per heavy atom. The molecule has 0 aliphatic heterocycles. The monoisotopic (exact) mass is 255 g/mol. The molecule has 94 valence electrons. The molecular weight excluding hydrogens is 246 g/mol. The van der Waals surface area contributed by atoms with Crippen molar-refractivity contribution in [2.45, 2.75) is 0 Å². The molecule has 0 saturated heterocycles. The first-order valence-electron chi connectivity index (χ1n) is 5.46. The van der Waals surface area contributed by atoms with Crippen LogP contribution in [0.3, 0.4) is 0 Å². The normalized spacial score (nSPS) is 10.7. The third kappa shape index (κ3) is 1.77. The summed E-state index contributed by atoms with van der Waals surface area (Å²) in [5.41, 5.74) is 7.56. The van der Waals surface area contributed by atoms with Gasteiger partial charge in [0.05, 0.1) is 16.8 Å². The maximum Gasteiger partial charge on any atom is 0.337 e. The molecule has 0 saturated carbocycles. The van der Waals surface area contributed by atoms with Gasteiger partial charge in [-0.1, -0.05) is 17.3 Å². The largest absolute Gasteiger partial charge is 0.478 e. The highest BCUT2D eigenvalue weighted by atomic mass is 16.4. The van der Waals surface area contributed by atoms with Crippen molar-refractivity contribution in [3.8, 4) is 5.82 Å². The van der Waals surface area contributed by atoms with Crippen LogP contribution in [-0.2, 0) is 0 Å². The Bertz CT molecular complexity index is 781. The molecule has 2 aromatic heterocycles. The van der Waals surface area contributed by atoms with Crippen LogP contribution in [-0.4, -0.2) is 31.1 Å². The first-order chi connectivity index (χ1) is 9.16. The van der Waals surface area contributed by atoms with Crippen molar-refractivity contribution in [1.82, 2.24) is 20.0 Å². The number of hydrogen-bond donors (Lipinski definition) is 2. The smallest absolute Gasteiger partial charge is 0.337 e. The Morgan fingerprint density at radius 2 is 2.11 bits per heavy atom. The SMILES string of the molecule is Nc1cc(C(=O)O)cnc1-n1nnc2ccccc21. The summed E-state index contributed by atoms with van der Waals surface area (Å²) in [5, 5.41) is 16.8. The number of carbonyl (C=O) groups is 1. The average molecular weight is 255 g/mol. The van der Waals surface area contributed by atoms with Crippen LogP contribution >= 0.6 is 0 Å². The Labute approximate surface area is 107 Å². The third-order valence-electron chi connectivity index (χ3n) is 2.69. The number of anilines is 1. The molecule has 0 fully saturated rings. The van der Waals surface area contributed by atoms with Gasteiger partial charge in [0, 0.05) is 6.20 Å². The highest BCUT2D eigenvalue weighted by molar-refractivity contribution is 5.89. The summed E-state index contributed by atoms with van der Waals surface area (Å²) in [5.74, 6) is -0.715. The summed E-state index contributed by atoms with van der Waals surface area (Å²) < 4.78 is 1.48. The molecule has 0 atom stereocenters. The van der Waals surface area contributed by atoms with Crippen LogP contribution in [0, 0.1) is 0 Å². The fraction of sp³-hybridized carbons (Fsp3) is 0. The number of aromatic nitrogens is 4. The van der Waals surface area contributed by atoms with Crippen molar-refractivity contribution in [2.75, 3.05) is 5.73 Å². The zero-order chi connectivity index (χ0) is 13.4. The number of nitrogens with zero attached hydrogens (tertiary/aromatic N) is 4. The number of carboxylic acid groups (broad SMARTS) is 1. The molecule has 2 heterocycles. The second kappa shape index (κ2) is 4.05. The first-order valence-corrected chi connectivity index (χ1v) is 5.46. The predicted molar refractivity (Wildman–Crippen MR) is 68.0 cm³/mol. The molecule has 0 radical (unpaired) electrons. The molecule has 3 aromatic rings. The third-order valence-corrected chi connectivity index (χ3v) is 2.69. The van der Waals surface area contributed by atoms with Gasteiger partial charge in [0.2, 0.25) is 0 Å². The van der Waals surface area contributed by atoms with E-state index < -0.39 is 5.97 Å². The van der Waals surface area contributed by atoms with Gasteiger partial charge in [-0.25, -0.2) is 9.78 Å². The molecular formula is C12H9N5O2. The number of fused-ring (bicyclic) bond motifs is 1. The van der Waals surface area contributed by atoms with Gasteiger partial charge in [0.25, 0.3) is 0 Å². The lowest BCUT2D eigenvalue weighted by Crippen LogP contribution is -2.07. The Hall–Kier alpha value is -2.96. The standard InChI is InChI=1S/C12H9N5O2/c13-8-5-7(12(18)19)6-14-11(8)17-10-4-2-1-3-9(10)15-16-17/h1-6H,13H2,(H,18,19). The molecule has 0 aliphatic rings. The van der Waals surface area contributed by atoms with Crippen molar-refractivity contribution in [3.05, 3.63) is 42.1 Å². The summed E-state index contributed by atoms with van der Waals surface area (Å²) in [6, 6.07) is 8.71. The van der Waals surface area contributed by atoms with Gasteiger partial charge in [0.1, 0.15) is 5.52 Å².